The van der Waals surface area contributed by atoms with Crippen LogP contribution in [0.25, 0.3) is 38.8 Å². The van der Waals surface area contributed by atoms with E-state index >= 15 is 0 Å². The van der Waals surface area contributed by atoms with E-state index in [1.54, 1.807) is 0 Å². The molecule has 3 heterocycles. The molecule has 6 heteroatoms. The Bertz CT molecular complexity index is 2510. The van der Waals surface area contributed by atoms with E-state index in [1.807, 2.05) is 89.1 Å². The van der Waals surface area contributed by atoms with Crippen molar-refractivity contribution in [2.75, 3.05) is 10.1 Å². The lowest BCUT2D eigenvalue weighted by molar-refractivity contribution is 0.156. The maximum absolute atomic E-state index is 6.58. The molecule has 0 amide bonds. The highest BCUT2D eigenvalue weighted by Gasteiger charge is 2.30. The number of hydrogen-bond acceptors (Lipinski definition) is 5. The van der Waals surface area contributed by atoms with Crippen molar-refractivity contribution in [1.82, 2.24) is 9.55 Å². The number of ether oxygens (including phenoxy) is 1. The topological polar surface area (TPSA) is 42.8 Å². The molecule has 0 saturated heterocycles. The van der Waals surface area contributed by atoms with Gasteiger partial charge in [0.1, 0.15) is 17.3 Å². The smallest absolute Gasteiger partial charge is 0.138 e. The van der Waals surface area contributed by atoms with Gasteiger partial charge in [0, 0.05) is 29.1 Å². The number of aromatic nitrogens is 2. The minimum absolute atomic E-state index is 0.406. The molecule has 6 aromatic carbocycles. The summed E-state index contributed by atoms with van der Waals surface area (Å²) in [5, 5.41) is 5.99. The molecule has 9 rings (SSSR count). The zero-order chi connectivity index (χ0) is 33.6. The molecule has 242 valence electrons. The van der Waals surface area contributed by atoms with Gasteiger partial charge in [0.2, 0.25) is 0 Å². The molecule has 0 atom stereocenters. The highest BCUT2D eigenvalue weighted by molar-refractivity contribution is 6.09. The van der Waals surface area contributed by atoms with Crippen molar-refractivity contribution < 1.29 is 9.68 Å². The second-order valence-corrected chi connectivity index (χ2v) is 12.8. The fraction of sp³-hybridized carbons (Fsp3) is 0.0682. The van der Waals surface area contributed by atoms with E-state index in [0.29, 0.717) is 11.7 Å². The second kappa shape index (κ2) is 12.3. The Balaban J connectivity index is 1.09. The summed E-state index contributed by atoms with van der Waals surface area (Å²) >= 11 is 0. The summed E-state index contributed by atoms with van der Waals surface area (Å²) < 4.78 is 8.82. The van der Waals surface area contributed by atoms with Crippen LogP contribution in [0.1, 0.15) is 25.3 Å². The number of para-hydroxylation sites is 4. The zero-order valence-corrected chi connectivity index (χ0v) is 27.8. The van der Waals surface area contributed by atoms with Crippen molar-refractivity contribution in [3.63, 3.8) is 0 Å². The van der Waals surface area contributed by atoms with Gasteiger partial charge >= 0.3 is 0 Å². The normalized spacial score (nSPS) is 12.6. The Morgan fingerprint density at radius 2 is 1.24 bits per heavy atom. The minimum Gasteiger partial charge on any atom is -0.457 e. The minimum atomic E-state index is 0.406. The first-order valence-electron chi connectivity index (χ1n) is 16.9. The first kappa shape index (κ1) is 29.7. The molecule has 0 fully saturated rings. The largest absolute Gasteiger partial charge is 0.457 e. The number of fused-ring (bicyclic) bond motifs is 4. The number of rotatable bonds is 7. The fourth-order valence-electron chi connectivity index (χ4n) is 6.95. The van der Waals surface area contributed by atoms with Crippen LogP contribution >= 0.6 is 0 Å². The second-order valence-electron chi connectivity index (χ2n) is 12.8. The average Bonchev–Trinajstić information content (AvgIpc) is 3.71. The average molecular weight is 651 g/mol. The van der Waals surface area contributed by atoms with Gasteiger partial charge in [-0.3, -0.25) is 4.57 Å². The highest BCUT2D eigenvalue weighted by Crippen LogP contribution is 2.45. The number of pyridine rings is 1. The molecule has 0 bridgehead atoms. The molecule has 0 radical (unpaired) electrons. The van der Waals surface area contributed by atoms with Crippen molar-refractivity contribution in [2.24, 2.45) is 0 Å². The lowest BCUT2D eigenvalue weighted by Crippen LogP contribution is -2.20. The number of benzene rings is 6. The molecule has 0 aliphatic carbocycles. The van der Waals surface area contributed by atoms with Gasteiger partial charge in [-0.25, -0.2) is 4.98 Å². The van der Waals surface area contributed by atoms with Crippen molar-refractivity contribution in [3.8, 4) is 28.4 Å². The Kier molecular flexibility index (Phi) is 7.29. The van der Waals surface area contributed by atoms with Crippen molar-refractivity contribution in [1.29, 1.82) is 0 Å². The van der Waals surface area contributed by atoms with Crippen LogP contribution in [-0.4, -0.2) is 9.55 Å². The van der Waals surface area contributed by atoms with Gasteiger partial charge < -0.3 is 4.74 Å². The SMILES string of the molecule is CC(C)c1ccccc1-c1ccnc(-n2c3ccccc3c3ccc(Oc4cccc(N5ON(c6ccccc6)c6ccccc65)c4)cc32)c1. The van der Waals surface area contributed by atoms with Gasteiger partial charge in [0.25, 0.3) is 0 Å². The molecule has 2 aromatic heterocycles. The standard InChI is InChI=1S/C44H34N4O2/c1-30(2)36-17-6-7-18-37(36)31-25-26-45-44(27-31)46-40-20-9-8-19-38(40)39-24-23-35(29-43(39)46)49-34-16-12-15-33(28-34)48-42-22-11-10-21-41(42)47(50-48)32-13-4-3-5-14-32/h3-30H,1-2H3. The summed E-state index contributed by atoms with van der Waals surface area (Å²) in [6, 6.07) is 53.9. The predicted octanol–water partition coefficient (Wildman–Crippen LogP) is 11.9. The highest BCUT2D eigenvalue weighted by atomic mass is 16.8. The molecule has 1 aliphatic rings. The Morgan fingerprint density at radius 3 is 2.08 bits per heavy atom. The third kappa shape index (κ3) is 5.14. The Labute approximate surface area is 290 Å². The van der Waals surface area contributed by atoms with E-state index < -0.39 is 0 Å². The predicted molar refractivity (Wildman–Crippen MR) is 203 cm³/mol. The molecule has 0 saturated carbocycles. The van der Waals surface area contributed by atoms with Crippen molar-refractivity contribution in [2.45, 2.75) is 19.8 Å². The molecule has 0 N–H and O–H groups in total. The van der Waals surface area contributed by atoms with Crippen LogP contribution in [0.5, 0.6) is 11.5 Å². The zero-order valence-electron chi connectivity index (χ0n) is 27.8. The van der Waals surface area contributed by atoms with Gasteiger partial charge in [-0.15, -0.1) is 4.94 Å². The summed E-state index contributed by atoms with van der Waals surface area (Å²) in [6.45, 7) is 4.48. The Morgan fingerprint density at radius 1 is 0.560 bits per heavy atom. The van der Waals surface area contributed by atoms with Gasteiger partial charge in [0.05, 0.1) is 33.8 Å². The lowest BCUT2D eigenvalue weighted by Gasteiger charge is -2.20. The van der Waals surface area contributed by atoms with Crippen LogP contribution in [0.3, 0.4) is 0 Å². The van der Waals surface area contributed by atoms with E-state index in [4.69, 9.17) is 14.7 Å². The number of anilines is 4. The van der Waals surface area contributed by atoms with Crippen LogP contribution in [-0.2, 0) is 4.94 Å². The van der Waals surface area contributed by atoms with Gasteiger partial charge in [0.15, 0.2) is 0 Å². The maximum Gasteiger partial charge on any atom is 0.138 e. The molecular weight excluding hydrogens is 617 g/mol. The maximum atomic E-state index is 6.58. The summed E-state index contributed by atoms with van der Waals surface area (Å²) in [7, 11) is 0. The van der Waals surface area contributed by atoms with E-state index in [2.05, 4.69) is 103 Å². The quantitative estimate of drug-likeness (QED) is 0.172. The van der Waals surface area contributed by atoms with E-state index in [-0.39, 0.29) is 0 Å². The van der Waals surface area contributed by atoms with Gasteiger partial charge in [-0.05, 0) is 89.3 Å². The molecule has 50 heavy (non-hydrogen) atoms. The first-order chi connectivity index (χ1) is 24.6. The molecule has 8 aromatic rings. The van der Waals surface area contributed by atoms with Crippen molar-refractivity contribution in [3.05, 3.63) is 169 Å². The third-order valence-corrected chi connectivity index (χ3v) is 9.27. The molecule has 6 nitrogen and oxygen atoms in total. The third-order valence-electron chi connectivity index (χ3n) is 9.27. The van der Waals surface area contributed by atoms with Crippen LogP contribution < -0.4 is 14.9 Å². The first-order valence-corrected chi connectivity index (χ1v) is 16.9. The monoisotopic (exact) mass is 650 g/mol. The van der Waals surface area contributed by atoms with Crippen molar-refractivity contribution >= 4 is 44.6 Å². The number of nitrogens with zero attached hydrogens (tertiary/aromatic N) is 4. The van der Waals surface area contributed by atoms with Gasteiger partial charge in [-0.1, -0.05) is 92.7 Å². The number of hydrogen-bond donors (Lipinski definition) is 0. The van der Waals surface area contributed by atoms with Crippen LogP contribution in [0, 0.1) is 0 Å². The van der Waals surface area contributed by atoms with Crippen LogP contribution in [0.4, 0.5) is 22.7 Å². The molecule has 1 aliphatic heterocycles. The molecule has 0 unspecified atom stereocenters. The van der Waals surface area contributed by atoms with E-state index in [0.717, 1.165) is 56.3 Å². The summed E-state index contributed by atoms with van der Waals surface area (Å²) in [5.74, 6) is 2.70. The van der Waals surface area contributed by atoms with Gasteiger partial charge in [-0.2, -0.15) is 10.1 Å². The van der Waals surface area contributed by atoms with E-state index in [1.165, 1.54) is 16.5 Å². The molecular formula is C44H34N4O2. The molecule has 0 spiro atoms. The summed E-state index contributed by atoms with van der Waals surface area (Å²) in [6.07, 6.45) is 1.91. The lowest BCUT2D eigenvalue weighted by atomic mass is 9.93. The Hall–Kier alpha value is -6.37. The summed E-state index contributed by atoms with van der Waals surface area (Å²) in [4.78, 5) is 11.3. The summed E-state index contributed by atoms with van der Waals surface area (Å²) in [5.41, 5.74) is 9.53. The van der Waals surface area contributed by atoms with Crippen LogP contribution in [0.15, 0.2) is 164 Å². The fourth-order valence-corrected chi connectivity index (χ4v) is 6.95. The van der Waals surface area contributed by atoms with E-state index in [9.17, 15) is 0 Å². The van der Waals surface area contributed by atoms with Crippen LogP contribution in [0.2, 0.25) is 0 Å².